The molecule has 1 saturated heterocycles. The zero-order valence-electron chi connectivity index (χ0n) is 16.9. The van der Waals surface area contributed by atoms with Crippen LogP contribution < -0.4 is 5.73 Å². The lowest BCUT2D eigenvalue weighted by molar-refractivity contribution is 0.0871. The predicted octanol–water partition coefficient (Wildman–Crippen LogP) is 1.87. The van der Waals surface area contributed by atoms with E-state index in [1.807, 2.05) is 6.07 Å². The van der Waals surface area contributed by atoms with Gasteiger partial charge in [-0.25, -0.2) is 17.7 Å². The van der Waals surface area contributed by atoms with Gasteiger partial charge in [0.15, 0.2) is 0 Å². The van der Waals surface area contributed by atoms with Gasteiger partial charge < -0.3 is 10.3 Å². The van der Waals surface area contributed by atoms with Crippen LogP contribution in [0, 0.1) is 5.41 Å². The lowest BCUT2D eigenvalue weighted by atomic mass is 9.80. The van der Waals surface area contributed by atoms with Crippen molar-refractivity contribution in [1.82, 2.24) is 18.8 Å². The van der Waals surface area contributed by atoms with E-state index in [4.69, 9.17) is 10.7 Å². The van der Waals surface area contributed by atoms with E-state index < -0.39 is 10.0 Å². The fraction of sp³-hybridized carbons (Fsp3) is 0.632. The standard InChI is InChI=1S/C19H31N5O2S/c1-6-24-16-8-7-14(27(25,26)22(4)5)11-15(16)21-18(24)12-23-10-9-17(20)19(2,3)13-23/h7-8,11,17H,6,9-10,12-13,20H2,1-5H3. The average molecular weight is 394 g/mol. The van der Waals surface area contributed by atoms with Crippen LogP contribution in [-0.2, 0) is 23.1 Å². The van der Waals surface area contributed by atoms with Crippen LogP contribution in [0.3, 0.4) is 0 Å². The molecule has 3 rings (SSSR count). The minimum Gasteiger partial charge on any atom is -0.327 e. The Balaban J connectivity index is 1.94. The van der Waals surface area contributed by atoms with E-state index in [0.717, 1.165) is 49.5 Å². The van der Waals surface area contributed by atoms with Crippen LogP contribution in [-0.4, -0.2) is 60.4 Å². The van der Waals surface area contributed by atoms with E-state index in [9.17, 15) is 8.42 Å². The van der Waals surface area contributed by atoms with E-state index in [1.54, 1.807) is 26.2 Å². The Hall–Kier alpha value is -1.48. The van der Waals surface area contributed by atoms with Gasteiger partial charge in [-0.2, -0.15) is 0 Å². The molecule has 150 valence electrons. The maximum atomic E-state index is 12.4. The van der Waals surface area contributed by atoms with Crippen molar-refractivity contribution >= 4 is 21.1 Å². The number of fused-ring (bicyclic) bond motifs is 1. The summed E-state index contributed by atoms with van der Waals surface area (Å²) >= 11 is 0. The molecule has 1 aromatic heterocycles. The zero-order valence-corrected chi connectivity index (χ0v) is 17.8. The highest BCUT2D eigenvalue weighted by molar-refractivity contribution is 7.89. The van der Waals surface area contributed by atoms with Crippen molar-refractivity contribution in [2.24, 2.45) is 11.1 Å². The Labute approximate surface area is 162 Å². The number of sulfonamides is 1. The van der Waals surface area contributed by atoms with Crippen molar-refractivity contribution in [3.05, 3.63) is 24.0 Å². The molecule has 1 atom stereocenters. The fourth-order valence-electron chi connectivity index (χ4n) is 3.82. The molecule has 27 heavy (non-hydrogen) atoms. The Kier molecular flexibility index (Phi) is 5.37. The summed E-state index contributed by atoms with van der Waals surface area (Å²) < 4.78 is 28.3. The molecule has 0 aliphatic carbocycles. The molecular formula is C19H31N5O2S. The molecule has 2 N–H and O–H groups in total. The summed E-state index contributed by atoms with van der Waals surface area (Å²) in [6.07, 6.45) is 0.977. The normalized spacial score (nSPS) is 21.2. The first-order valence-corrected chi connectivity index (χ1v) is 10.9. The molecule has 8 heteroatoms. The van der Waals surface area contributed by atoms with E-state index in [1.165, 1.54) is 4.31 Å². The molecule has 1 aromatic carbocycles. The number of rotatable bonds is 5. The van der Waals surface area contributed by atoms with Crippen molar-refractivity contribution in [2.75, 3.05) is 27.2 Å². The van der Waals surface area contributed by atoms with Crippen LogP contribution in [0.4, 0.5) is 0 Å². The summed E-state index contributed by atoms with van der Waals surface area (Å²) in [4.78, 5) is 7.46. The Morgan fingerprint density at radius 3 is 2.63 bits per heavy atom. The third-order valence-electron chi connectivity index (χ3n) is 5.65. The number of nitrogens with zero attached hydrogens (tertiary/aromatic N) is 4. The van der Waals surface area contributed by atoms with Crippen LogP contribution in [0.25, 0.3) is 11.0 Å². The number of likely N-dealkylation sites (tertiary alicyclic amines) is 1. The Bertz CT molecular complexity index is 933. The minimum atomic E-state index is -3.47. The number of piperidine rings is 1. The summed E-state index contributed by atoms with van der Waals surface area (Å²) in [6, 6.07) is 5.42. The second kappa shape index (κ2) is 7.16. The van der Waals surface area contributed by atoms with Gasteiger partial charge in [-0.15, -0.1) is 0 Å². The topological polar surface area (TPSA) is 84.5 Å². The predicted molar refractivity (Wildman–Crippen MR) is 108 cm³/mol. The van der Waals surface area contributed by atoms with Gasteiger partial charge in [-0.3, -0.25) is 4.90 Å². The number of hydrogen-bond donors (Lipinski definition) is 1. The van der Waals surface area contributed by atoms with E-state index in [-0.39, 0.29) is 16.4 Å². The molecule has 1 aliphatic heterocycles. The molecule has 2 aromatic rings. The molecule has 0 radical (unpaired) electrons. The number of benzene rings is 1. The summed E-state index contributed by atoms with van der Waals surface area (Å²) in [7, 11) is -0.387. The summed E-state index contributed by atoms with van der Waals surface area (Å²) in [5.74, 6) is 0.971. The monoisotopic (exact) mass is 393 g/mol. The van der Waals surface area contributed by atoms with Crippen molar-refractivity contribution in [3.8, 4) is 0 Å². The molecule has 1 fully saturated rings. The number of aryl methyl sites for hydroxylation is 1. The number of aromatic nitrogens is 2. The average Bonchev–Trinajstić information content (AvgIpc) is 2.93. The van der Waals surface area contributed by atoms with Gasteiger partial charge in [0.2, 0.25) is 10.0 Å². The van der Waals surface area contributed by atoms with Crippen LogP contribution in [0.5, 0.6) is 0 Å². The van der Waals surface area contributed by atoms with Crippen molar-refractivity contribution < 1.29 is 8.42 Å². The maximum Gasteiger partial charge on any atom is 0.242 e. The molecule has 7 nitrogen and oxygen atoms in total. The van der Waals surface area contributed by atoms with Gasteiger partial charge in [0.1, 0.15) is 5.82 Å². The summed E-state index contributed by atoms with van der Waals surface area (Å²) in [5.41, 5.74) is 8.03. The molecule has 0 saturated carbocycles. The van der Waals surface area contributed by atoms with E-state index in [0.29, 0.717) is 0 Å². The molecule has 1 aliphatic rings. The summed E-state index contributed by atoms with van der Waals surface area (Å²) in [6.45, 7) is 9.94. The molecule has 0 amide bonds. The number of hydrogen-bond acceptors (Lipinski definition) is 5. The molecule has 1 unspecified atom stereocenters. The third-order valence-corrected chi connectivity index (χ3v) is 7.46. The van der Waals surface area contributed by atoms with Gasteiger partial charge in [0.25, 0.3) is 0 Å². The Morgan fingerprint density at radius 2 is 2.04 bits per heavy atom. The molecular weight excluding hydrogens is 362 g/mol. The van der Waals surface area contributed by atoms with Gasteiger partial charge in [-0.1, -0.05) is 13.8 Å². The maximum absolute atomic E-state index is 12.4. The minimum absolute atomic E-state index is 0.0776. The fourth-order valence-corrected chi connectivity index (χ4v) is 4.75. The second-order valence-corrected chi connectivity index (χ2v) is 10.5. The highest BCUT2D eigenvalue weighted by Crippen LogP contribution is 2.29. The van der Waals surface area contributed by atoms with Crippen LogP contribution in [0.2, 0.25) is 0 Å². The van der Waals surface area contributed by atoms with Crippen LogP contribution >= 0.6 is 0 Å². The first-order valence-electron chi connectivity index (χ1n) is 9.46. The highest BCUT2D eigenvalue weighted by Gasteiger charge is 2.33. The second-order valence-electron chi connectivity index (χ2n) is 8.30. The van der Waals surface area contributed by atoms with Gasteiger partial charge in [0.05, 0.1) is 22.5 Å². The largest absolute Gasteiger partial charge is 0.327 e. The Morgan fingerprint density at radius 1 is 1.33 bits per heavy atom. The lowest BCUT2D eigenvalue weighted by Gasteiger charge is -2.42. The molecule has 0 spiro atoms. The van der Waals surface area contributed by atoms with Crippen LogP contribution in [0.1, 0.15) is 33.0 Å². The summed E-state index contributed by atoms with van der Waals surface area (Å²) in [5, 5.41) is 0. The first-order chi connectivity index (χ1) is 12.6. The van der Waals surface area contributed by atoms with Gasteiger partial charge in [-0.05, 0) is 37.0 Å². The third kappa shape index (κ3) is 3.76. The lowest BCUT2D eigenvalue weighted by Crippen LogP contribution is -2.52. The van der Waals surface area contributed by atoms with Gasteiger partial charge >= 0.3 is 0 Å². The van der Waals surface area contributed by atoms with Crippen molar-refractivity contribution in [3.63, 3.8) is 0 Å². The molecule has 0 bridgehead atoms. The van der Waals surface area contributed by atoms with E-state index in [2.05, 4.69) is 30.2 Å². The first kappa shape index (κ1) is 20.3. The van der Waals surface area contributed by atoms with Gasteiger partial charge in [0, 0.05) is 39.8 Å². The van der Waals surface area contributed by atoms with E-state index >= 15 is 0 Å². The zero-order chi connectivity index (χ0) is 20.0. The number of nitrogens with two attached hydrogens (primary N) is 1. The smallest absolute Gasteiger partial charge is 0.242 e. The SMILES string of the molecule is CCn1c(CN2CCC(N)C(C)(C)C2)nc2cc(S(=O)(=O)N(C)C)ccc21. The highest BCUT2D eigenvalue weighted by atomic mass is 32.2. The number of imidazole rings is 1. The van der Waals surface area contributed by atoms with Crippen molar-refractivity contribution in [2.45, 2.75) is 51.2 Å². The van der Waals surface area contributed by atoms with Crippen LogP contribution in [0.15, 0.2) is 23.1 Å². The molecule has 2 heterocycles. The quantitative estimate of drug-likeness (QED) is 0.838. The van der Waals surface area contributed by atoms with Crippen molar-refractivity contribution in [1.29, 1.82) is 0 Å².